The van der Waals surface area contributed by atoms with E-state index in [4.69, 9.17) is 16.3 Å². The first-order chi connectivity index (χ1) is 16.5. The number of hydrogen-bond acceptors (Lipinski definition) is 6. The number of methoxy groups -OCH3 is 1. The maximum Gasteiger partial charge on any atom is 0.260 e. The van der Waals surface area contributed by atoms with Gasteiger partial charge in [0.15, 0.2) is 5.82 Å². The number of pyridine rings is 2. The average molecular weight is 472 g/mol. The van der Waals surface area contributed by atoms with Crippen molar-refractivity contribution in [2.45, 2.75) is 19.5 Å². The summed E-state index contributed by atoms with van der Waals surface area (Å²) in [4.78, 5) is 26.8. The van der Waals surface area contributed by atoms with Gasteiger partial charge < -0.3 is 14.6 Å². The van der Waals surface area contributed by atoms with E-state index in [0.717, 1.165) is 27.9 Å². The Labute approximate surface area is 201 Å². The van der Waals surface area contributed by atoms with E-state index in [2.05, 4.69) is 20.3 Å². The lowest BCUT2D eigenvalue weighted by atomic mass is 10.1. The summed E-state index contributed by atoms with van der Waals surface area (Å²) in [5, 5.41) is 5.15. The van der Waals surface area contributed by atoms with Gasteiger partial charge in [-0.1, -0.05) is 35.9 Å². The molecule has 5 rings (SSSR count). The highest BCUT2D eigenvalue weighted by Crippen LogP contribution is 2.27. The molecule has 1 N–H and O–H groups in total. The van der Waals surface area contributed by atoms with Gasteiger partial charge in [0.1, 0.15) is 17.6 Å². The number of rotatable bonds is 6. The van der Waals surface area contributed by atoms with Crippen LogP contribution in [0.5, 0.6) is 5.75 Å². The molecule has 0 spiro atoms. The van der Waals surface area contributed by atoms with Gasteiger partial charge in [-0.3, -0.25) is 9.78 Å². The van der Waals surface area contributed by atoms with Crippen LogP contribution in [0.1, 0.15) is 24.2 Å². The minimum absolute atomic E-state index is 0.145. The Balaban J connectivity index is 1.62. The van der Waals surface area contributed by atoms with Crippen molar-refractivity contribution in [3.05, 3.63) is 99.8 Å². The highest BCUT2D eigenvalue weighted by molar-refractivity contribution is 6.35. The lowest BCUT2D eigenvalue weighted by Gasteiger charge is -2.22. The Hall–Kier alpha value is -3.97. The maximum absolute atomic E-state index is 13.7. The Morgan fingerprint density at radius 3 is 2.68 bits per heavy atom. The number of hydrogen-bond donors (Lipinski definition) is 1. The second-order valence-corrected chi connectivity index (χ2v) is 8.38. The van der Waals surface area contributed by atoms with Crippen molar-refractivity contribution in [2.24, 2.45) is 0 Å². The first-order valence-corrected chi connectivity index (χ1v) is 11.2. The van der Waals surface area contributed by atoms with Gasteiger partial charge in [0, 0.05) is 11.9 Å². The molecule has 0 bridgehead atoms. The fourth-order valence-corrected chi connectivity index (χ4v) is 4.35. The zero-order chi connectivity index (χ0) is 23.7. The monoisotopic (exact) mass is 471 g/mol. The smallest absolute Gasteiger partial charge is 0.260 e. The highest BCUT2D eigenvalue weighted by atomic mass is 35.5. The van der Waals surface area contributed by atoms with Crippen molar-refractivity contribution < 1.29 is 4.74 Å². The first kappa shape index (κ1) is 21.9. The standard InChI is InChI=1S/C26H22ClN5O2/c1-16(31-25-24-21(29-15-30-25)7-4-12-28-24)22-13-18-5-3-6-20(27)23(18)26(33)32(22)14-17-8-10-19(34-2)11-9-17/h3-13,15-16H,14H2,1-2H3,(H,29,30,31)/t16-/m0/s1. The molecule has 2 aromatic carbocycles. The van der Waals surface area contributed by atoms with Crippen molar-refractivity contribution in [1.82, 2.24) is 19.5 Å². The number of fused-ring (bicyclic) bond motifs is 2. The van der Waals surface area contributed by atoms with E-state index in [0.29, 0.717) is 28.3 Å². The van der Waals surface area contributed by atoms with Crippen molar-refractivity contribution in [3.8, 4) is 5.75 Å². The van der Waals surface area contributed by atoms with E-state index < -0.39 is 0 Å². The third kappa shape index (κ3) is 4.06. The van der Waals surface area contributed by atoms with Crippen LogP contribution in [0.2, 0.25) is 5.02 Å². The van der Waals surface area contributed by atoms with Crippen molar-refractivity contribution in [1.29, 1.82) is 0 Å². The second kappa shape index (κ2) is 9.11. The number of benzene rings is 2. The summed E-state index contributed by atoms with van der Waals surface area (Å²) in [6.07, 6.45) is 3.21. The zero-order valence-electron chi connectivity index (χ0n) is 18.7. The molecule has 0 unspecified atom stereocenters. The van der Waals surface area contributed by atoms with Crippen LogP contribution in [0.3, 0.4) is 0 Å². The molecule has 3 aromatic heterocycles. The van der Waals surface area contributed by atoms with E-state index >= 15 is 0 Å². The Morgan fingerprint density at radius 1 is 1.06 bits per heavy atom. The Morgan fingerprint density at radius 2 is 1.88 bits per heavy atom. The van der Waals surface area contributed by atoms with E-state index in [1.54, 1.807) is 23.9 Å². The van der Waals surface area contributed by atoms with Gasteiger partial charge in [-0.05, 0) is 54.3 Å². The van der Waals surface area contributed by atoms with Crippen LogP contribution in [-0.4, -0.2) is 26.6 Å². The molecule has 0 aliphatic heterocycles. The number of ether oxygens (including phenoxy) is 1. The van der Waals surface area contributed by atoms with Crippen molar-refractivity contribution >= 4 is 39.2 Å². The van der Waals surface area contributed by atoms with E-state index in [1.807, 2.05) is 61.5 Å². The van der Waals surface area contributed by atoms with Crippen LogP contribution >= 0.6 is 11.6 Å². The molecule has 0 saturated heterocycles. The molecule has 8 heteroatoms. The number of anilines is 1. The quantitative estimate of drug-likeness (QED) is 0.365. The molecule has 5 aromatic rings. The van der Waals surface area contributed by atoms with Gasteiger partial charge in [0.25, 0.3) is 5.56 Å². The number of nitrogens with one attached hydrogen (secondary N) is 1. The molecule has 1 atom stereocenters. The molecule has 0 saturated carbocycles. The number of nitrogens with zero attached hydrogens (tertiary/aromatic N) is 4. The molecule has 34 heavy (non-hydrogen) atoms. The molecular formula is C26H22ClN5O2. The summed E-state index contributed by atoms with van der Waals surface area (Å²) in [6, 6.07) is 18.6. The molecule has 0 fully saturated rings. The fourth-order valence-electron chi connectivity index (χ4n) is 4.09. The van der Waals surface area contributed by atoms with Crippen LogP contribution in [0.15, 0.2) is 78.0 Å². The third-order valence-electron chi connectivity index (χ3n) is 5.81. The largest absolute Gasteiger partial charge is 0.497 e. The fraction of sp³-hybridized carbons (Fsp3) is 0.154. The summed E-state index contributed by atoms with van der Waals surface area (Å²) in [5.74, 6) is 1.36. The predicted molar refractivity (Wildman–Crippen MR) is 135 cm³/mol. The zero-order valence-corrected chi connectivity index (χ0v) is 19.5. The average Bonchev–Trinajstić information content (AvgIpc) is 2.86. The SMILES string of the molecule is COc1ccc(Cn2c([C@H](C)Nc3ncnc4cccnc34)cc3cccc(Cl)c3c2=O)cc1. The summed E-state index contributed by atoms with van der Waals surface area (Å²) in [5.41, 5.74) is 3.04. The van der Waals surface area contributed by atoms with Gasteiger partial charge in [-0.15, -0.1) is 0 Å². The Kier molecular flexibility index (Phi) is 5.86. The molecule has 7 nitrogen and oxygen atoms in total. The van der Waals surface area contributed by atoms with Gasteiger partial charge >= 0.3 is 0 Å². The first-order valence-electron chi connectivity index (χ1n) is 10.8. The van der Waals surface area contributed by atoms with E-state index in [-0.39, 0.29) is 11.6 Å². The number of halogens is 1. The van der Waals surface area contributed by atoms with Gasteiger partial charge in [-0.25, -0.2) is 9.97 Å². The lowest BCUT2D eigenvalue weighted by molar-refractivity contribution is 0.414. The van der Waals surface area contributed by atoms with Crippen LogP contribution in [0, 0.1) is 0 Å². The van der Waals surface area contributed by atoms with Gasteiger partial charge in [-0.2, -0.15) is 0 Å². The molecule has 0 radical (unpaired) electrons. The Bertz CT molecular complexity index is 1540. The molecule has 0 amide bonds. The maximum atomic E-state index is 13.7. The normalized spacial score (nSPS) is 12.1. The molecule has 170 valence electrons. The van der Waals surface area contributed by atoms with Crippen molar-refractivity contribution in [2.75, 3.05) is 12.4 Å². The minimum Gasteiger partial charge on any atom is -0.497 e. The third-order valence-corrected chi connectivity index (χ3v) is 6.13. The molecule has 0 aliphatic carbocycles. The summed E-state index contributed by atoms with van der Waals surface area (Å²) < 4.78 is 7.02. The molecular weight excluding hydrogens is 450 g/mol. The second-order valence-electron chi connectivity index (χ2n) is 7.97. The van der Waals surface area contributed by atoms with Crippen LogP contribution in [0.4, 0.5) is 5.82 Å². The molecule has 3 heterocycles. The number of aromatic nitrogens is 4. The van der Waals surface area contributed by atoms with Crippen LogP contribution < -0.4 is 15.6 Å². The summed E-state index contributed by atoms with van der Waals surface area (Å²) in [6.45, 7) is 2.38. The topological polar surface area (TPSA) is 81.9 Å². The van der Waals surface area contributed by atoms with E-state index in [9.17, 15) is 4.79 Å². The predicted octanol–water partition coefficient (Wildman–Crippen LogP) is 5.22. The van der Waals surface area contributed by atoms with Gasteiger partial charge in [0.2, 0.25) is 0 Å². The van der Waals surface area contributed by atoms with Gasteiger partial charge in [0.05, 0.1) is 35.6 Å². The highest BCUT2D eigenvalue weighted by Gasteiger charge is 2.18. The summed E-state index contributed by atoms with van der Waals surface area (Å²) in [7, 11) is 1.63. The van der Waals surface area contributed by atoms with Crippen LogP contribution in [0.25, 0.3) is 21.8 Å². The molecule has 0 aliphatic rings. The van der Waals surface area contributed by atoms with Crippen LogP contribution in [-0.2, 0) is 6.54 Å². The summed E-state index contributed by atoms with van der Waals surface area (Å²) >= 11 is 6.43. The van der Waals surface area contributed by atoms with E-state index in [1.165, 1.54) is 6.33 Å². The van der Waals surface area contributed by atoms with Crippen molar-refractivity contribution in [3.63, 3.8) is 0 Å². The minimum atomic E-state index is -0.255. The lowest BCUT2D eigenvalue weighted by Crippen LogP contribution is -2.27.